The monoisotopic (exact) mass is 250 g/mol. The van der Waals surface area contributed by atoms with Crippen molar-refractivity contribution in [1.29, 1.82) is 0 Å². The molecule has 0 atom stereocenters. The van der Waals surface area contributed by atoms with Gasteiger partial charge in [-0.1, -0.05) is 68.4 Å². The fourth-order valence-corrected chi connectivity index (χ4v) is 1.89. The van der Waals surface area contributed by atoms with Gasteiger partial charge in [0.05, 0.1) is 0 Å². The summed E-state index contributed by atoms with van der Waals surface area (Å²) in [7, 11) is 0. The van der Waals surface area contributed by atoms with Gasteiger partial charge in [-0.3, -0.25) is 0 Å². The van der Waals surface area contributed by atoms with E-state index in [1.54, 1.807) is 12.1 Å². The average molecular weight is 250 g/mol. The summed E-state index contributed by atoms with van der Waals surface area (Å²) in [5, 5.41) is 11.1. The molecule has 2 aromatic rings. The molecular formula is C15H15KO. The van der Waals surface area contributed by atoms with Crippen LogP contribution in [0.1, 0.15) is 25.0 Å². The van der Waals surface area contributed by atoms with Crippen molar-refractivity contribution in [1.82, 2.24) is 0 Å². The molecule has 0 saturated heterocycles. The minimum atomic E-state index is -0.0606. The third kappa shape index (κ3) is 3.42. The Bertz CT molecular complexity index is 460. The van der Waals surface area contributed by atoms with Crippen LogP contribution in [0, 0.1) is 0 Å². The van der Waals surface area contributed by atoms with Gasteiger partial charge < -0.3 is 5.11 Å². The van der Waals surface area contributed by atoms with Gasteiger partial charge in [-0.05, 0) is 11.1 Å². The maximum absolute atomic E-state index is 11.1. The fourth-order valence-electron chi connectivity index (χ4n) is 1.89. The molecule has 0 radical (unpaired) electrons. The third-order valence-corrected chi connectivity index (χ3v) is 3.07. The maximum atomic E-state index is 11.1. The van der Waals surface area contributed by atoms with E-state index >= 15 is 0 Å². The van der Waals surface area contributed by atoms with Crippen LogP contribution in [0.2, 0.25) is 0 Å². The second kappa shape index (κ2) is 6.16. The van der Waals surface area contributed by atoms with Crippen molar-refractivity contribution in [2.45, 2.75) is 19.3 Å². The van der Waals surface area contributed by atoms with E-state index in [1.165, 1.54) is 11.1 Å². The van der Waals surface area contributed by atoms with Crippen LogP contribution in [0.3, 0.4) is 0 Å². The Labute approximate surface area is 145 Å². The molecule has 2 aromatic carbocycles. The number of rotatable bonds is 2. The minimum absolute atomic E-state index is 0. The van der Waals surface area contributed by atoms with E-state index in [1.807, 2.05) is 30.3 Å². The number of benzene rings is 2. The van der Waals surface area contributed by atoms with Gasteiger partial charge in [0.15, 0.2) is 0 Å². The third-order valence-electron chi connectivity index (χ3n) is 3.07. The summed E-state index contributed by atoms with van der Waals surface area (Å²) in [6.45, 7) is 4.34. The predicted octanol–water partition coefficient (Wildman–Crippen LogP) is 0.0901. The van der Waals surface area contributed by atoms with E-state index in [9.17, 15) is 5.11 Å². The van der Waals surface area contributed by atoms with Crippen molar-refractivity contribution >= 4 is 0 Å². The van der Waals surface area contributed by atoms with E-state index < -0.39 is 0 Å². The Hall–Kier alpha value is -0.124. The largest absolute Gasteiger partial charge is 1.00 e. The van der Waals surface area contributed by atoms with Crippen molar-refractivity contribution in [3.8, 4) is 5.75 Å². The van der Waals surface area contributed by atoms with Crippen molar-refractivity contribution in [2.75, 3.05) is 0 Å². The van der Waals surface area contributed by atoms with Crippen molar-refractivity contribution in [2.24, 2.45) is 0 Å². The first-order chi connectivity index (χ1) is 7.60. The SMILES string of the molecule is CC(C)(c1ccccc1)c1ccc([O-])cc1.[K+]. The summed E-state index contributed by atoms with van der Waals surface area (Å²) in [4.78, 5) is 0. The van der Waals surface area contributed by atoms with Gasteiger partial charge in [0.25, 0.3) is 0 Å². The zero-order chi connectivity index (χ0) is 11.6. The molecule has 0 amide bonds. The van der Waals surface area contributed by atoms with Crippen LogP contribution in [0.5, 0.6) is 5.75 Å². The van der Waals surface area contributed by atoms with Crippen LogP contribution in [0.25, 0.3) is 0 Å². The first kappa shape index (κ1) is 14.9. The summed E-state index contributed by atoms with van der Waals surface area (Å²) in [5.74, 6) is 0.0626. The molecule has 0 heterocycles. The minimum Gasteiger partial charge on any atom is -0.872 e. The van der Waals surface area contributed by atoms with Crippen molar-refractivity contribution in [3.63, 3.8) is 0 Å². The van der Waals surface area contributed by atoms with E-state index in [-0.39, 0.29) is 62.5 Å². The molecule has 1 nitrogen and oxygen atoms in total. The summed E-state index contributed by atoms with van der Waals surface area (Å²) in [6, 6.07) is 17.4. The van der Waals surface area contributed by atoms with Crippen LogP contribution >= 0.6 is 0 Å². The number of hydrogen-bond donors (Lipinski definition) is 0. The Morgan fingerprint density at radius 2 is 1.24 bits per heavy atom. The Balaban J connectivity index is 0.00000144. The molecule has 0 saturated carbocycles. The molecule has 0 aliphatic heterocycles. The second-order valence-electron chi connectivity index (χ2n) is 4.52. The zero-order valence-electron chi connectivity index (χ0n) is 10.6. The van der Waals surface area contributed by atoms with Gasteiger partial charge in [-0.25, -0.2) is 0 Å². The van der Waals surface area contributed by atoms with E-state index in [4.69, 9.17) is 0 Å². The molecule has 0 aromatic heterocycles. The molecule has 0 bridgehead atoms. The normalized spacial score (nSPS) is 10.7. The Morgan fingerprint density at radius 1 is 0.765 bits per heavy atom. The van der Waals surface area contributed by atoms with Crippen LogP contribution in [0.4, 0.5) is 0 Å². The zero-order valence-corrected chi connectivity index (χ0v) is 13.7. The summed E-state index contributed by atoms with van der Waals surface area (Å²) in [5.41, 5.74) is 2.36. The van der Waals surface area contributed by atoms with Gasteiger partial charge in [0.1, 0.15) is 0 Å². The fraction of sp³-hybridized carbons (Fsp3) is 0.200. The first-order valence-electron chi connectivity index (χ1n) is 5.44. The van der Waals surface area contributed by atoms with Crippen LogP contribution in [-0.4, -0.2) is 0 Å². The van der Waals surface area contributed by atoms with E-state index in [0.717, 1.165) is 0 Å². The van der Waals surface area contributed by atoms with E-state index in [0.29, 0.717) is 0 Å². The maximum Gasteiger partial charge on any atom is 1.00 e. The standard InChI is InChI=1S/C15H16O.K/c1-15(2,12-6-4-3-5-7-12)13-8-10-14(16)11-9-13;/h3-11,16H,1-2H3;/q;+1/p-1. The van der Waals surface area contributed by atoms with Gasteiger partial charge >= 0.3 is 51.4 Å². The van der Waals surface area contributed by atoms with Crippen LogP contribution < -0.4 is 56.5 Å². The second-order valence-corrected chi connectivity index (χ2v) is 4.52. The van der Waals surface area contributed by atoms with Gasteiger partial charge in [-0.2, -0.15) is 0 Å². The van der Waals surface area contributed by atoms with Gasteiger partial charge in [0, 0.05) is 5.41 Å². The Morgan fingerprint density at radius 3 is 1.76 bits per heavy atom. The molecule has 0 spiro atoms. The quantitative estimate of drug-likeness (QED) is 0.693. The molecule has 0 aliphatic carbocycles. The van der Waals surface area contributed by atoms with Gasteiger partial charge in [0.2, 0.25) is 0 Å². The molecule has 0 unspecified atom stereocenters. The topological polar surface area (TPSA) is 23.1 Å². The van der Waals surface area contributed by atoms with Crippen LogP contribution in [-0.2, 0) is 5.41 Å². The molecule has 0 fully saturated rings. The average Bonchev–Trinajstić information content (AvgIpc) is 2.31. The molecule has 2 heteroatoms. The molecular weight excluding hydrogens is 235 g/mol. The van der Waals surface area contributed by atoms with Crippen molar-refractivity contribution in [3.05, 3.63) is 65.7 Å². The van der Waals surface area contributed by atoms with Crippen molar-refractivity contribution < 1.29 is 56.5 Å². The molecule has 2 rings (SSSR count). The molecule has 0 N–H and O–H groups in total. The Kier molecular flexibility index (Phi) is 5.41. The van der Waals surface area contributed by atoms with Gasteiger partial charge in [-0.15, -0.1) is 5.75 Å². The predicted molar refractivity (Wildman–Crippen MR) is 64.5 cm³/mol. The molecule has 0 aliphatic rings. The number of hydrogen-bond acceptors (Lipinski definition) is 1. The summed E-state index contributed by atoms with van der Waals surface area (Å²) < 4.78 is 0. The molecule has 17 heavy (non-hydrogen) atoms. The smallest absolute Gasteiger partial charge is 0.872 e. The summed E-state index contributed by atoms with van der Waals surface area (Å²) in [6.07, 6.45) is 0. The van der Waals surface area contributed by atoms with Crippen LogP contribution in [0.15, 0.2) is 54.6 Å². The first-order valence-corrected chi connectivity index (χ1v) is 5.44. The molecule has 82 valence electrons. The summed E-state index contributed by atoms with van der Waals surface area (Å²) >= 11 is 0. The van der Waals surface area contributed by atoms with E-state index in [2.05, 4.69) is 26.0 Å².